The van der Waals surface area contributed by atoms with Gasteiger partial charge in [-0.05, 0) is 12.0 Å². The molecule has 4 heteroatoms. The molecule has 0 saturated carbocycles. The van der Waals surface area contributed by atoms with Gasteiger partial charge in [-0.25, -0.2) is 0 Å². The summed E-state index contributed by atoms with van der Waals surface area (Å²) in [7, 11) is 0. The topological polar surface area (TPSA) is 77.8 Å². The number of carbonyl (C=O) groups excluding carboxylic acids is 1. The number of phenolic OH excluding ortho intramolecular Hbond substituents is 3. The van der Waals surface area contributed by atoms with Crippen molar-refractivity contribution in [2.24, 2.45) is 0 Å². The van der Waals surface area contributed by atoms with Gasteiger partial charge in [-0.15, -0.1) is 0 Å². The average molecular weight is 224 g/mol. The Labute approximate surface area is 94.2 Å². The van der Waals surface area contributed by atoms with Crippen molar-refractivity contribution in [2.45, 2.75) is 33.1 Å². The Bertz CT molecular complexity index is 422. The van der Waals surface area contributed by atoms with Gasteiger partial charge in [0.15, 0.2) is 17.3 Å². The summed E-state index contributed by atoms with van der Waals surface area (Å²) in [6.07, 6.45) is 0.231. The quantitative estimate of drug-likeness (QED) is 0.544. The number of carbonyl (C=O) groups is 1. The van der Waals surface area contributed by atoms with Crippen LogP contribution in [0.1, 0.15) is 49.0 Å². The van der Waals surface area contributed by atoms with Crippen LogP contribution in [0.4, 0.5) is 0 Å². The van der Waals surface area contributed by atoms with Crippen molar-refractivity contribution >= 4 is 5.78 Å². The molecule has 88 valence electrons. The van der Waals surface area contributed by atoms with Crippen LogP contribution in [0.15, 0.2) is 6.07 Å². The Hall–Kier alpha value is -1.71. The molecule has 0 heterocycles. The zero-order chi connectivity index (χ0) is 12.5. The molecule has 1 rings (SSSR count). The number of Topliss-reactive ketones (excluding diaryl/α,β-unsaturated/α-hetero) is 1. The lowest BCUT2D eigenvalue weighted by Gasteiger charge is -2.13. The molecular weight excluding hydrogens is 208 g/mol. The van der Waals surface area contributed by atoms with E-state index in [1.165, 1.54) is 6.07 Å². The average Bonchev–Trinajstić information content (AvgIpc) is 2.25. The van der Waals surface area contributed by atoms with Crippen LogP contribution in [0.25, 0.3) is 0 Å². The molecule has 0 radical (unpaired) electrons. The van der Waals surface area contributed by atoms with Crippen LogP contribution in [-0.4, -0.2) is 21.1 Å². The molecular formula is C12H16O4. The number of rotatable bonds is 3. The van der Waals surface area contributed by atoms with Gasteiger partial charge >= 0.3 is 0 Å². The van der Waals surface area contributed by atoms with Crippen molar-refractivity contribution in [1.29, 1.82) is 0 Å². The van der Waals surface area contributed by atoms with E-state index in [0.717, 1.165) is 0 Å². The first kappa shape index (κ1) is 12.4. The number of benzene rings is 1. The van der Waals surface area contributed by atoms with Crippen LogP contribution >= 0.6 is 0 Å². The van der Waals surface area contributed by atoms with Gasteiger partial charge in [0.05, 0.1) is 5.56 Å². The van der Waals surface area contributed by atoms with Gasteiger partial charge in [0, 0.05) is 12.0 Å². The maximum atomic E-state index is 11.5. The molecule has 16 heavy (non-hydrogen) atoms. The lowest BCUT2D eigenvalue weighted by molar-refractivity contribution is 0.0984. The second kappa shape index (κ2) is 4.43. The van der Waals surface area contributed by atoms with Crippen LogP contribution in [0.2, 0.25) is 0 Å². The lowest BCUT2D eigenvalue weighted by atomic mass is 9.96. The molecule has 0 atom stereocenters. The molecule has 0 aliphatic carbocycles. The van der Waals surface area contributed by atoms with Crippen molar-refractivity contribution in [3.05, 3.63) is 17.2 Å². The second-order valence-corrected chi connectivity index (χ2v) is 3.99. The molecule has 0 aliphatic heterocycles. The van der Waals surface area contributed by atoms with E-state index < -0.39 is 11.5 Å². The maximum Gasteiger partial charge on any atom is 0.201 e. The largest absolute Gasteiger partial charge is 0.504 e. The van der Waals surface area contributed by atoms with Crippen molar-refractivity contribution in [1.82, 2.24) is 0 Å². The summed E-state index contributed by atoms with van der Waals surface area (Å²) >= 11 is 0. The van der Waals surface area contributed by atoms with Gasteiger partial charge in [-0.3, -0.25) is 4.79 Å². The lowest BCUT2D eigenvalue weighted by Crippen LogP contribution is -2.00. The van der Waals surface area contributed by atoms with Gasteiger partial charge in [-0.1, -0.05) is 20.8 Å². The standard InChI is InChI=1S/C12H16O4/c1-4-9(13)8-5-7(6(2)3)10(14)12(16)11(8)15/h5-6,14-16H,4H2,1-3H3. The third-order valence-corrected chi connectivity index (χ3v) is 2.52. The van der Waals surface area contributed by atoms with Crippen LogP contribution in [0.3, 0.4) is 0 Å². The third kappa shape index (κ3) is 1.96. The molecule has 1 aromatic carbocycles. The highest BCUT2D eigenvalue weighted by molar-refractivity contribution is 5.99. The number of phenols is 3. The predicted octanol–water partition coefficient (Wildman–Crippen LogP) is 2.52. The van der Waals surface area contributed by atoms with Gasteiger partial charge in [-0.2, -0.15) is 0 Å². The van der Waals surface area contributed by atoms with E-state index in [1.807, 2.05) is 13.8 Å². The highest BCUT2D eigenvalue weighted by Crippen LogP contribution is 2.43. The third-order valence-electron chi connectivity index (χ3n) is 2.52. The van der Waals surface area contributed by atoms with E-state index in [2.05, 4.69) is 0 Å². The van der Waals surface area contributed by atoms with E-state index in [0.29, 0.717) is 5.56 Å². The van der Waals surface area contributed by atoms with E-state index in [4.69, 9.17) is 0 Å². The van der Waals surface area contributed by atoms with E-state index in [-0.39, 0.29) is 29.4 Å². The summed E-state index contributed by atoms with van der Waals surface area (Å²) in [6.45, 7) is 5.32. The van der Waals surface area contributed by atoms with Crippen molar-refractivity contribution in [2.75, 3.05) is 0 Å². The molecule has 0 amide bonds. The van der Waals surface area contributed by atoms with Crippen LogP contribution < -0.4 is 0 Å². The normalized spacial score (nSPS) is 10.8. The van der Waals surface area contributed by atoms with Crippen LogP contribution in [0, 0.1) is 0 Å². The van der Waals surface area contributed by atoms with Crippen LogP contribution in [0.5, 0.6) is 17.2 Å². The Balaban J connectivity index is 3.47. The van der Waals surface area contributed by atoms with Crippen molar-refractivity contribution in [3.8, 4) is 17.2 Å². The summed E-state index contributed by atoms with van der Waals surface area (Å²) in [5.74, 6) is -1.85. The first-order valence-electron chi connectivity index (χ1n) is 5.21. The Kier molecular flexibility index (Phi) is 3.42. The fraction of sp³-hybridized carbons (Fsp3) is 0.417. The Morgan fingerprint density at radius 2 is 1.75 bits per heavy atom. The number of hydrogen-bond acceptors (Lipinski definition) is 4. The zero-order valence-corrected chi connectivity index (χ0v) is 9.61. The molecule has 0 spiro atoms. The van der Waals surface area contributed by atoms with Crippen molar-refractivity contribution in [3.63, 3.8) is 0 Å². The summed E-state index contributed by atoms with van der Waals surface area (Å²) in [6, 6.07) is 1.43. The smallest absolute Gasteiger partial charge is 0.201 e. The molecule has 0 aromatic heterocycles. The number of aromatic hydroxyl groups is 3. The highest BCUT2D eigenvalue weighted by Gasteiger charge is 2.21. The van der Waals surface area contributed by atoms with Crippen molar-refractivity contribution < 1.29 is 20.1 Å². The minimum Gasteiger partial charge on any atom is -0.504 e. The van der Waals surface area contributed by atoms with Gasteiger partial charge in [0.25, 0.3) is 0 Å². The van der Waals surface area contributed by atoms with Crippen LogP contribution in [-0.2, 0) is 0 Å². The minimum atomic E-state index is -0.622. The van der Waals surface area contributed by atoms with Gasteiger partial charge in [0.1, 0.15) is 0 Å². The molecule has 0 unspecified atom stereocenters. The molecule has 0 bridgehead atoms. The second-order valence-electron chi connectivity index (χ2n) is 3.99. The zero-order valence-electron chi connectivity index (χ0n) is 9.61. The predicted molar refractivity (Wildman–Crippen MR) is 60.1 cm³/mol. The Morgan fingerprint density at radius 3 is 2.19 bits per heavy atom. The highest BCUT2D eigenvalue weighted by atomic mass is 16.3. The molecule has 0 fully saturated rings. The van der Waals surface area contributed by atoms with E-state index >= 15 is 0 Å². The first-order valence-corrected chi connectivity index (χ1v) is 5.21. The van der Waals surface area contributed by atoms with Gasteiger partial charge in [0.2, 0.25) is 5.75 Å². The van der Waals surface area contributed by atoms with E-state index in [9.17, 15) is 20.1 Å². The monoisotopic (exact) mass is 224 g/mol. The number of ketones is 1. The Morgan fingerprint density at radius 1 is 1.19 bits per heavy atom. The fourth-order valence-electron chi connectivity index (χ4n) is 1.51. The molecule has 0 aliphatic rings. The minimum absolute atomic E-state index is 0.0464. The van der Waals surface area contributed by atoms with E-state index in [1.54, 1.807) is 6.92 Å². The SMILES string of the molecule is CCC(=O)c1cc(C(C)C)c(O)c(O)c1O. The summed E-state index contributed by atoms with van der Waals surface area (Å²) < 4.78 is 0. The first-order chi connectivity index (χ1) is 7.40. The maximum absolute atomic E-state index is 11.5. The molecule has 4 nitrogen and oxygen atoms in total. The molecule has 3 N–H and O–H groups in total. The summed E-state index contributed by atoms with van der Waals surface area (Å²) in [5, 5.41) is 28.7. The van der Waals surface area contributed by atoms with Gasteiger partial charge < -0.3 is 15.3 Å². The summed E-state index contributed by atoms with van der Waals surface area (Å²) in [4.78, 5) is 11.5. The molecule has 1 aromatic rings. The summed E-state index contributed by atoms with van der Waals surface area (Å²) in [5.41, 5.74) is 0.508. The molecule has 0 saturated heterocycles. The fourth-order valence-corrected chi connectivity index (χ4v) is 1.51. The number of hydrogen-bond donors (Lipinski definition) is 3.